The van der Waals surface area contributed by atoms with Crippen LogP contribution in [0.2, 0.25) is 0 Å². The quantitative estimate of drug-likeness (QED) is 0.688. The highest BCUT2D eigenvalue weighted by Gasteiger charge is 2.29. The van der Waals surface area contributed by atoms with Crippen LogP contribution in [0.25, 0.3) is 0 Å². The van der Waals surface area contributed by atoms with Crippen molar-refractivity contribution in [3.05, 3.63) is 53.9 Å². The lowest BCUT2D eigenvalue weighted by atomic mass is 10.0. The van der Waals surface area contributed by atoms with Crippen LogP contribution in [0.5, 0.6) is 5.75 Å². The molecule has 2 aromatic rings. The topological polar surface area (TPSA) is 72.8 Å². The van der Waals surface area contributed by atoms with Crippen LogP contribution in [0, 0.1) is 0 Å². The van der Waals surface area contributed by atoms with Crippen molar-refractivity contribution in [2.45, 2.75) is 65.1 Å². The molecule has 7 nitrogen and oxygen atoms in total. The fourth-order valence-electron chi connectivity index (χ4n) is 3.93. The van der Waals surface area contributed by atoms with Crippen molar-refractivity contribution in [3.8, 4) is 5.75 Å². The van der Waals surface area contributed by atoms with E-state index in [1.54, 1.807) is 4.90 Å². The molecule has 0 radical (unpaired) electrons. The molecule has 3 rings (SSSR count). The molecule has 32 heavy (non-hydrogen) atoms. The molecule has 1 saturated heterocycles. The normalized spacial score (nSPS) is 15.8. The Balaban J connectivity index is 1.59. The molecule has 7 heteroatoms. The Morgan fingerprint density at radius 1 is 1.12 bits per heavy atom. The number of hydrogen-bond donors (Lipinski definition) is 1. The van der Waals surface area contributed by atoms with Crippen LogP contribution in [-0.2, 0) is 4.74 Å². The Labute approximate surface area is 190 Å². The molecule has 0 bridgehead atoms. The van der Waals surface area contributed by atoms with Crippen LogP contribution in [0.15, 0.2) is 42.6 Å². The van der Waals surface area contributed by atoms with Crippen LogP contribution < -0.4 is 10.1 Å². The van der Waals surface area contributed by atoms with Crippen molar-refractivity contribution in [3.63, 3.8) is 0 Å². The van der Waals surface area contributed by atoms with Gasteiger partial charge in [0, 0.05) is 25.3 Å². The Bertz CT molecular complexity index is 906. The lowest BCUT2D eigenvalue weighted by Gasteiger charge is -2.34. The van der Waals surface area contributed by atoms with E-state index in [-0.39, 0.29) is 24.1 Å². The van der Waals surface area contributed by atoms with Crippen LogP contribution in [0.1, 0.15) is 75.6 Å². The summed E-state index contributed by atoms with van der Waals surface area (Å²) in [4.78, 5) is 27.1. The maximum absolute atomic E-state index is 13.0. The Kier molecular flexibility index (Phi) is 7.48. The van der Waals surface area contributed by atoms with Gasteiger partial charge in [-0.3, -0.25) is 4.79 Å². The number of piperidine rings is 1. The summed E-state index contributed by atoms with van der Waals surface area (Å²) >= 11 is 0. The minimum atomic E-state index is -0.500. The predicted molar refractivity (Wildman–Crippen MR) is 124 cm³/mol. The van der Waals surface area contributed by atoms with E-state index in [9.17, 15) is 9.59 Å². The number of hydrogen-bond acceptors (Lipinski definition) is 4. The molecule has 174 valence electrons. The van der Waals surface area contributed by atoms with Gasteiger partial charge in [-0.25, -0.2) is 4.79 Å². The SMILES string of the molecule is CCOc1ccc(C(C)NC(=O)c2cccn2C2CCN(C(=O)OC(C)(C)C)CC2)cc1. The molecule has 0 spiro atoms. The van der Waals surface area contributed by atoms with Crippen LogP contribution >= 0.6 is 0 Å². The monoisotopic (exact) mass is 441 g/mol. The molecule has 0 aliphatic carbocycles. The van der Waals surface area contributed by atoms with Crippen molar-refractivity contribution >= 4 is 12.0 Å². The second-order valence-electron chi connectivity index (χ2n) is 9.20. The maximum atomic E-state index is 13.0. The van der Waals surface area contributed by atoms with Gasteiger partial charge >= 0.3 is 6.09 Å². The highest BCUT2D eigenvalue weighted by Crippen LogP contribution is 2.26. The molecule has 1 fully saturated rings. The summed E-state index contributed by atoms with van der Waals surface area (Å²) in [5.41, 5.74) is 1.16. The molecule has 2 heterocycles. The zero-order valence-electron chi connectivity index (χ0n) is 19.8. The first-order chi connectivity index (χ1) is 15.2. The van der Waals surface area contributed by atoms with Crippen molar-refractivity contribution < 1.29 is 19.1 Å². The van der Waals surface area contributed by atoms with Gasteiger partial charge in [-0.15, -0.1) is 0 Å². The van der Waals surface area contributed by atoms with E-state index in [1.165, 1.54) is 0 Å². The van der Waals surface area contributed by atoms with E-state index in [0.717, 1.165) is 24.2 Å². The van der Waals surface area contributed by atoms with E-state index in [0.29, 0.717) is 25.4 Å². The van der Waals surface area contributed by atoms with E-state index in [1.807, 2.05) is 81.8 Å². The Hall–Kier alpha value is -2.96. The summed E-state index contributed by atoms with van der Waals surface area (Å²) in [7, 11) is 0. The number of aromatic nitrogens is 1. The smallest absolute Gasteiger partial charge is 0.410 e. The number of nitrogens with zero attached hydrogens (tertiary/aromatic N) is 2. The maximum Gasteiger partial charge on any atom is 0.410 e. The Morgan fingerprint density at radius 2 is 1.78 bits per heavy atom. The zero-order valence-corrected chi connectivity index (χ0v) is 19.8. The molecule has 1 unspecified atom stereocenters. The average Bonchev–Trinajstić information content (AvgIpc) is 3.23. The molecule has 1 aliphatic heterocycles. The minimum absolute atomic E-state index is 0.106. The molecule has 1 aromatic carbocycles. The van der Waals surface area contributed by atoms with Crippen LogP contribution in [0.4, 0.5) is 4.79 Å². The molecular formula is C25H35N3O4. The lowest BCUT2D eigenvalue weighted by molar-refractivity contribution is 0.0187. The number of carbonyl (C=O) groups is 2. The van der Waals surface area contributed by atoms with Gasteiger partial charge < -0.3 is 24.3 Å². The molecular weight excluding hydrogens is 406 g/mol. The van der Waals surface area contributed by atoms with E-state index < -0.39 is 5.60 Å². The van der Waals surface area contributed by atoms with E-state index in [2.05, 4.69) is 5.32 Å². The fraction of sp³-hybridized carbons (Fsp3) is 0.520. The summed E-state index contributed by atoms with van der Waals surface area (Å²) < 4.78 is 13.0. The standard InChI is InChI=1S/C25H35N3O4/c1-6-31-21-11-9-19(10-12-21)18(2)26-23(29)22-8-7-15-28(22)20-13-16-27(17-14-20)24(30)32-25(3,4)5/h7-12,15,18,20H,6,13-14,16-17H2,1-5H3,(H,26,29). The summed E-state index contributed by atoms with van der Waals surface area (Å²) in [5.74, 6) is 0.715. The number of amides is 2. The van der Waals surface area contributed by atoms with E-state index in [4.69, 9.17) is 9.47 Å². The third kappa shape index (κ3) is 6.05. The van der Waals surface area contributed by atoms with E-state index >= 15 is 0 Å². The van der Waals surface area contributed by atoms with Crippen molar-refractivity contribution in [1.29, 1.82) is 0 Å². The molecule has 2 amide bonds. The first kappa shape index (κ1) is 23.7. The second-order valence-corrected chi connectivity index (χ2v) is 9.20. The van der Waals surface area contributed by atoms with Gasteiger partial charge in [0.2, 0.25) is 0 Å². The predicted octanol–water partition coefficient (Wildman–Crippen LogP) is 4.95. The fourth-order valence-corrected chi connectivity index (χ4v) is 3.93. The minimum Gasteiger partial charge on any atom is -0.494 e. The molecule has 1 aliphatic rings. The Morgan fingerprint density at radius 3 is 2.38 bits per heavy atom. The average molecular weight is 442 g/mol. The van der Waals surface area contributed by atoms with Gasteiger partial charge in [0.15, 0.2) is 0 Å². The molecule has 0 saturated carbocycles. The van der Waals surface area contributed by atoms with Gasteiger partial charge in [0.05, 0.1) is 12.6 Å². The van der Waals surface area contributed by atoms with Crippen molar-refractivity contribution in [2.24, 2.45) is 0 Å². The van der Waals surface area contributed by atoms with Crippen LogP contribution in [0.3, 0.4) is 0 Å². The first-order valence-corrected chi connectivity index (χ1v) is 11.4. The largest absolute Gasteiger partial charge is 0.494 e. The van der Waals surface area contributed by atoms with Gasteiger partial charge in [0.25, 0.3) is 5.91 Å². The lowest BCUT2D eigenvalue weighted by Crippen LogP contribution is -2.42. The number of ether oxygens (including phenoxy) is 2. The molecule has 1 atom stereocenters. The van der Waals surface area contributed by atoms with Crippen molar-refractivity contribution in [2.75, 3.05) is 19.7 Å². The van der Waals surface area contributed by atoms with Crippen molar-refractivity contribution in [1.82, 2.24) is 14.8 Å². The first-order valence-electron chi connectivity index (χ1n) is 11.4. The highest BCUT2D eigenvalue weighted by molar-refractivity contribution is 5.93. The van der Waals surface area contributed by atoms with Gasteiger partial charge in [0.1, 0.15) is 17.0 Å². The van der Waals surface area contributed by atoms with Gasteiger partial charge in [-0.05, 0) is 77.3 Å². The zero-order chi connectivity index (χ0) is 23.3. The summed E-state index contributed by atoms with van der Waals surface area (Å²) in [6.45, 7) is 11.4. The molecule has 1 N–H and O–H groups in total. The summed E-state index contributed by atoms with van der Waals surface area (Å²) in [5, 5.41) is 3.10. The number of benzene rings is 1. The number of carbonyl (C=O) groups excluding carboxylic acids is 2. The summed E-state index contributed by atoms with van der Waals surface area (Å²) in [6, 6.07) is 11.6. The van der Waals surface area contributed by atoms with Gasteiger partial charge in [-0.1, -0.05) is 12.1 Å². The highest BCUT2D eigenvalue weighted by atomic mass is 16.6. The van der Waals surface area contributed by atoms with Crippen LogP contribution in [-0.4, -0.2) is 46.8 Å². The number of nitrogens with one attached hydrogen (secondary N) is 1. The third-order valence-electron chi connectivity index (χ3n) is 5.56. The number of rotatable bonds is 6. The van der Waals surface area contributed by atoms with Gasteiger partial charge in [-0.2, -0.15) is 0 Å². The third-order valence-corrected chi connectivity index (χ3v) is 5.56. The number of likely N-dealkylation sites (tertiary alicyclic amines) is 1. The molecule has 1 aromatic heterocycles. The summed E-state index contributed by atoms with van der Waals surface area (Å²) in [6.07, 6.45) is 3.24. The second kappa shape index (κ2) is 10.1.